The number of rotatable bonds is 4. The first-order chi connectivity index (χ1) is 10.7. The quantitative estimate of drug-likeness (QED) is 0.812. The van der Waals surface area contributed by atoms with Crippen molar-refractivity contribution in [1.82, 2.24) is 4.98 Å². The van der Waals surface area contributed by atoms with Gasteiger partial charge in [-0.1, -0.05) is 11.6 Å². The predicted octanol–water partition coefficient (Wildman–Crippen LogP) is 3.36. The number of hydrogen-bond acceptors (Lipinski definition) is 4. The molecule has 0 bridgehead atoms. The molecule has 0 spiro atoms. The molecule has 5 heteroatoms. The fourth-order valence-electron chi connectivity index (χ4n) is 2.50. The van der Waals surface area contributed by atoms with E-state index in [1.54, 1.807) is 24.3 Å². The van der Waals surface area contributed by atoms with Crippen molar-refractivity contribution in [1.29, 1.82) is 5.26 Å². The number of aryl methyl sites for hydroxylation is 2. The van der Waals surface area contributed by atoms with Crippen LogP contribution in [0.3, 0.4) is 0 Å². The monoisotopic (exact) mass is 312 g/mol. The molecule has 0 saturated heterocycles. The molecule has 0 N–H and O–H groups in total. The molecule has 0 amide bonds. The van der Waals surface area contributed by atoms with Gasteiger partial charge in [-0.2, -0.15) is 5.26 Å². The molecule has 0 saturated carbocycles. The lowest BCUT2D eigenvalue weighted by Crippen LogP contribution is -2.13. The summed E-state index contributed by atoms with van der Waals surface area (Å²) in [7, 11) is 0. The Morgan fingerprint density at radius 2 is 2.09 bits per heavy atom. The van der Waals surface area contributed by atoms with Crippen molar-refractivity contribution in [3.05, 3.63) is 57.7 Å². The van der Waals surface area contributed by atoms with E-state index in [1.807, 2.05) is 6.07 Å². The molecule has 1 aliphatic rings. The van der Waals surface area contributed by atoms with E-state index >= 15 is 0 Å². The smallest absolute Gasteiger partial charge is 0.232 e. The first-order valence-corrected chi connectivity index (χ1v) is 7.39. The molecule has 1 aliphatic carbocycles. The number of nitrogens with zero attached hydrogens (tertiary/aromatic N) is 2. The number of carbonyl (C=O) groups is 1. The molecule has 1 aromatic heterocycles. The number of benzene rings is 1. The normalized spacial score (nSPS) is 12.5. The zero-order chi connectivity index (χ0) is 15.5. The second-order valence-corrected chi connectivity index (χ2v) is 5.57. The maximum Gasteiger partial charge on any atom is 0.232 e. The number of aromatic nitrogens is 1. The molecule has 0 unspecified atom stereocenters. The minimum atomic E-state index is -0.178. The number of fused-ring (bicyclic) bond motifs is 1. The van der Waals surface area contributed by atoms with Gasteiger partial charge in [0.05, 0.1) is 0 Å². The van der Waals surface area contributed by atoms with E-state index in [2.05, 4.69) is 11.1 Å². The number of ketones is 1. The number of carbonyl (C=O) groups excluding carboxylic acids is 1. The van der Waals surface area contributed by atoms with Gasteiger partial charge in [0.25, 0.3) is 0 Å². The summed E-state index contributed by atoms with van der Waals surface area (Å²) in [5.74, 6) is 0.0633. The Bertz CT molecular complexity index is 763. The SMILES string of the molecule is N#Cc1cc2c(nc1OCC(=O)c1ccc(Cl)cc1)CCC2. The molecule has 4 nitrogen and oxygen atoms in total. The van der Waals surface area contributed by atoms with Gasteiger partial charge in [-0.25, -0.2) is 4.98 Å². The summed E-state index contributed by atoms with van der Waals surface area (Å²) >= 11 is 5.79. The Balaban J connectivity index is 1.75. The zero-order valence-corrected chi connectivity index (χ0v) is 12.6. The number of halogens is 1. The van der Waals surface area contributed by atoms with Crippen LogP contribution in [-0.4, -0.2) is 17.4 Å². The van der Waals surface area contributed by atoms with Gasteiger partial charge in [0.2, 0.25) is 5.88 Å². The van der Waals surface area contributed by atoms with Gasteiger partial charge in [-0.3, -0.25) is 4.79 Å². The Labute approximate surface area is 133 Å². The van der Waals surface area contributed by atoms with E-state index in [0.29, 0.717) is 16.1 Å². The van der Waals surface area contributed by atoms with Crippen LogP contribution >= 0.6 is 11.6 Å². The van der Waals surface area contributed by atoms with Gasteiger partial charge in [0.15, 0.2) is 12.4 Å². The summed E-state index contributed by atoms with van der Waals surface area (Å²) in [6, 6.07) is 10.5. The molecule has 0 fully saturated rings. The molecule has 22 heavy (non-hydrogen) atoms. The van der Waals surface area contributed by atoms with Crippen LogP contribution in [0.1, 0.15) is 33.6 Å². The minimum Gasteiger partial charge on any atom is -0.468 e. The van der Waals surface area contributed by atoms with Crippen LogP contribution in [0.15, 0.2) is 30.3 Å². The van der Waals surface area contributed by atoms with Gasteiger partial charge >= 0.3 is 0 Å². The highest BCUT2D eigenvalue weighted by Crippen LogP contribution is 2.26. The lowest BCUT2D eigenvalue weighted by atomic mass is 10.1. The van der Waals surface area contributed by atoms with Crippen molar-refractivity contribution in [2.75, 3.05) is 6.61 Å². The highest BCUT2D eigenvalue weighted by molar-refractivity contribution is 6.30. The standard InChI is InChI=1S/C17H13ClN2O2/c18-14-6-4-11(5-7-14)16(21)10-22-17-13(9-19)8-12-2-1-3-15(12)20-17/h4-8H,1-3,10H2. The summed E-state index contributed by atoms with van der Waals surface area (Å²) in [4.78, 5) is 16.5. The van der Waals surface area contributed by atoms with Crippen molar-refractivity contribution in [2.24, 2.45) is 0 Å². The third-order valence-corrected chi connectivity index (χ3v) is 3.89. The van der Waals surface area contributed by atoms with Crippen LogP contribution in [-0.2, 0) is 12.8 Å². The summed E-state index contributed by atoms with van der Waals surface area (Å²) in [5.41, 5.74) is 2.97. The van der Waals surface area contributed by atoms with E-state index in [1.165, 1.54) is 0 Å². The third kappa shape index (κ3) is 2.95. The van der Waals surface area contributed by atoms with Gasteiger partial charge in [0.1, 0.15) is 11.6 Å². The molecule has 1 aromatic carbocycles. The highest BCUT2D eigenvalue weighted by Gasteiger charge is 2.18. The van der Waals surface area contributed by atoms with E-state index in [9.17, 15) is 10.1 Å². The van der Waals surface area contributed by atoms with Gasteiger partial charge < -0.3 is 4.74 Å². The molecule has 0 atom stereocenters. The maximum absolute atomic E-state index is 12.1. The number of hydrogen-bond donors (Lipinski definition) is 0. The van der Waals surface area contributed by atoms with Gasteiger partial charge in [-0.15, -0.1) is 0 Å². The van der Waals surface area contributed by atoms with Crippen molar-refractivity contribution in [3.8, 4) is 11.9 Å². The second kappa shape index (κ2) is 6.17. The van der Waals surface area contributed by atoms with E-state index < -0.39 is 0 Å². The predicted molar refractivity (Wildman–Crippen MR) is 82.3 cm³/mol. The Morgan fingerprint density at radius 3 is 2.82 bits per heavy atom. The molecule has 110 valence electrons. The minimum absolute atomic E-state index is 0.151. The van der Waals surface area contributed by atoms with Crippen LogP contribution in [0.5, 0.6) is 5.88 Å². The van der Waals surface area contributed by atoms with Crippen LogP contribution in [0.2, 0.25) is 5.02 Å². The van der Waals surface area contributed by atoms with Gasteiger partial charge in [-0.05, 0) is 55.2 Å². The molecule has 1 heterocycles. The first kappa shape index (κ1) is 14.6. The number of nitriles is 1. The summed E-state index contributed by atoms with van der Waals surface area (Å²) in [6.07, 6.45) is 2.88. The summed E-state index contributed by atoms with van der Waals surface area (Å²) < 4.78 is 5.48. The van der Waals surface area contributed by atoms with E-state index in [4.69, 9.17) is 16.3 Å². The zero-order valence-electron chi connectivity index (χ0n) is 11.8. The molecule has 0 radical (unpaired) electrons. The third-order valence-electron chi connectivity index (χ3n) is 3.64. The lowest BCUT2D eigenvalue weighted by Gasteiger charge is -2.08. The van der Waals surface area contributed by atoms with Crippen LogP contribution in [0.4, 0.5) is 0 Å². The van der Waals surface area contributed by atoms with E-state index in [0.717, 1.165) is 30.5 Å². The Kier molecular flexibility index (Phi) is 4.08. The van der Waals surface area contributed by atoms with E-state index in [-0.39, 0.29) is 18.3 Å². The van der Waals surface area contributed by atoms with Crippen molar-refractivity contribution >= 4 is 17.4 Å². The topological polar surface area (TPSA) is 63.0 Å². The van der Waals surface area contributed by atoms with Crippen molar-refractivity contribution in [3.63, 3.8) is 0 Å². The van der Waals surface area contributed by atoms with Crippen molar-refractivity contribution < 1.29 is 9.53 Å². The van der Waals surface area contributed by atoms with Gasteiger partial charge in [0, 0.05) is 16.3 Å². The number of ether oxygens (including phenoxy) is 1. The molecule has 0 aliphatic heterocycles. The lowest BCUT2D eigenvalue weighted by molar-refractivity contribution is 0.0917. The van der Waals surface area contributed by atoms with Crippen LogP contribution < -0.4 is 4.74 Å². The molecule has 3 rings (SSSR count). The summed E-state index contributed by atoms with van der Waals surface area (Å²) in [5, 5.41) is 9.77. The fourth-order valence-corrected chi connectivity index (χ4v) is 2.62. The summed E-state index contributed by atoms with van der Waals surface area (Å²) in [6.45, 7) is -0.151. The fraction of sp³-hybridized carbons (Fsp3) is 0.235. The molecular formula is C17H13ClN2O2. The maximum atomic E-state index is 12.1. The average Bonchev–Trinajstić information content (AvgIpc) is 2.99. The Morgan fingerprint density at radius 1 is 1.32 bits per heavy atom. The van der Waals surface area contributed by atoms with Crippen LogP contribution in [0.25, 0.3) is 0 Å². The first-order valence-electron chi connectivity index (χ1n) is 7.02. The highest BCUT2D eigenvalue weighted by atomic mass is 35.5. The second-order valence-electron chi connectivity index (χ2n) is 5.13. The van der Waals surface area contributed by atoms with Crippen molar-refractivity contribution in [2.45, 2.75) is 19.3 Å². The largest absolute Gasteiger partial charge is 0.468 e. The molecule has 2 aromatic rings. The average molecular weight is 313 g/mol. The number of pyridine rings is 1. The van der Waals surface area contributed by atoms with Crippen LogP contribution in [0, 0.1) is 11.3 Å². The molecular weight excluding hydrogens is 300 g/mol. The number of Topliss-reactive ketones (excluding diaryl/α,β-unsaturated/α-hetero) is 1. The Hall–Kier alpha value is -2.38.